The molecule has 0 bridgehead atoms. The van der Waals surface area contributed by atoms with E-state index in [9.17, 15) is 0 Å². The summed E-state index contributed by atoms with van der Waals surface area (Å²) in [7, 11) is 0. The molecule has 206 valence electrons. The summed E-state index contributed by atoms with van der Waals surface area (Å²) in [5.74, 6) is 2.48. The van der Waals surface area contributed by atoms with Crippen molar-refractivity contribution in [2.24, 2.45) is 0 Å². The molecule has 0 unspecified atom stereocenters. The van der Waals surface area contributed by atoms with E-state index in [1.54, 1.807) is 0 Å². The highest BCUT2D eigenvalue weighted by Crippen LogP contribution is 2.45. The van der Waals surface area contributed by atoms with Crippen molar-refractivity contribution < 1.29 is 4.74 Å². The number of para-hydroxylation sites is 3. The first-order chi connectivity index (χ1) is 21.8. The Morgan fingerprint density at radius 1 is 0.432 bits per heavy atom. The number of aromatic nitrogens is 3. The molecule has 0 amide bonds. The molecule has 1 aliphatic heterocycles. The standard InChI is InChI=1S/C40H25N3O/c1-3-10-27(11-4-1)33-25-34(42-40(41-33)29-12-5-2-6-13-29)28-20-18-26(19-21-28)30-22-23-35-32(24-30)31-14-9-17-38-39(31)43(35)36-15-7-8-16-37(36)44-38/h1-25H. The highest BCUT2D eigenvalue weighted by atomic mass is 16.5. The van der Waals surface area contributed by atoms with Crippen LogP contribution in [0.15, 0.2) is 152 Å². The van der Waals surface area contributed by atoms with Gasteiger partial charge in [0.2, 0.25) is 0 Å². The zero-order valence-electron chi connectivity index (χ0n) is 23.7. The van der Waals surface area contributed by atoms with Gasteiger partial charge in [0.05, 0.1) is 28.1 Å². The molecule has 2 aromatic heterocycles. The van der Waals surface area contributed by atoms with Gasteiger partial charge in [-0.25, -0.2) is 9.97 Å². The molecular weight excluding hydrogens is 538 g/mol. The van der Waals surface area contributed by atoms with Gasteiger partial charge in [0, 0.05) is 27.5 Å². The summed E-state index contributed by atoms with van der Waals surface area (Å²) in [6.07, 6.45) is 0. The molecule has 0 spiro atoms. The molecule has 9 rings (SSSR count). The zero-order chi connectivity index (χ0) is 29.0. The van der Waals surface area contributed by atoms with Gasteiger partial charge < -0.3 is 9.30 Å². The number of ether oxygens (including phenoxy) is 1. The monoisotopic (exact) mass is 563 g/mol. The second-order valence-electron chi connectivity index (χ2n) is 11.1. The third kappa shape index (κ3) is 3.92. The van der Waals surface area contributed by atoms with Gasteiger partial charge in [-0.1, -0.05) is 115 Å². The SMILES string of the molecule is c1ccc(-c2cc(-c3ccc(-c4ccc5c(c4)c4cccc6c4n5-c4ccccc4O6)cc3)nc(-c3ccccc3)n2)cc1. The van der Waals surface area contributed by atoms with Crippen molar-refractivity contribution in [1.82, 2.24) is 14.5 Å². The second kappa shape index (κ2) is 9.79. The Morgan fingerprint density at radius 2 is 1.05 bits per heavy atom. The van der Waals surface area contributed by atoms with Crippen LogP contribution in [0.25, 0.3) is 72.5 Å². The number of nitrogens with zero attached hydrogens (tertiary/aromatic N) is 3. The van der Waals surface area contributed by atoms with E-state index in [1.165, 1.54) is 21.9 Å². The molecule has 0 aliphatic carbocycles. The third-order valence-electron chi connectivity index (χ3n) is 8.42. The summed E-state index contributed by atoms with van der Waals surface area (Å²) in [5, 5.41) is 2.40. The largest absolute Gasteiger partial charge is 0.453 e. The van der Waals surface area contributed by atoms with Crippen molar-refractivity contribution >= 4 is 21.8 Å². The van der Waals surface area contributed by atoms with Crippen molar-refractivity contribution in [3.63, 3.8) is 0 Å². The summed E-state index contributed by atoms with van der Waals surface area (Å²) >= 11 is 0. The predicted octanol–water partition coefficient (Wildman–Crippen LogP) is 10.3. The fraction of sp³-hybridized carbons (Fsp3) is 0. The summed E-state index contributed by atoms with van der Waals surface area (Å²) in [6.45, 7) is 0. The van der Waals surface area contributed by atoms with Gasteiger partial charge >= 0.3 is 0 Å². The minimum atomic E-state index is 0.718. The summed E-state index contributed by atoms with van der Waals surface area (Å²) in [4.78, 5) is 9.93. The van der Waals surface area contributed by atoms with Crippen molar-refractivity contribution in [1.29, 1.82) is 0 Å². The Bertz CT molecular complexity index is 2280. The lowest BCUT2D eigenvalue weighted by atomic mass is 10.00. The topological polar surface area (TPSA) is 39.9 Å². The molecule has 3 heterocycles. The van der Waals surface area contributed by atoms with Crippen LogP contribution >= 0.6 is 0 Å². The summed E-state index contributed by atoms with van der Waals surface area (Å²) in [5.41, 5.74) is 10.6. The lowest BCUT2D eigenvalue weighted by molar-refractivity contribution is 0.476. The van der Waals surface area contributed by atoms with Crippen molar-refractivity contribution in [3.8, 4) is 62.2 Å². The van der Waals surface area contributed by atoms with Crippen molar-refractivity contribution in [2.45, 2.75) is 0 Å². The van der Waals surface area contributed by atoms with Gasteiger partial charge in [0.1, 0.15) is 0 Å². The van der Waals surface area contributed by atoms with Crippen LogP contribution in [0, 0.1) is 0 Å². The Morgan fingerprint density at radius 3 is 1.82 bits per heavy atom. The van der Waals surface area contributed by atoms with Gasteiger partial charge in [0.15, 0.2) is 17.3 Å². The number of benzene rings is 6. The van der Waals surface area contributed by atoms with Crippen LogP contribution in [0.1, 0.15) is 0 Å². The van der Waals surface area contributed by atoms with Gasteiger partial charge in [-0.05, 0) is 47.5 Å². The van der Waals surface area contributed by atoms with Crippen LogP contribution < -0.4 is 4.74 Å². The smallest absolute Gasteiger partial charge is 0.160 e. The molecule has 0 radical (unpaired) electrons. The fourth-order valence-corrected chi connectivity index (χ4v) is 6.30. The number of hydrogen-bond donors (Lipinski definition) is 0. The van der Waals surface area contributed by atoms with Crippen molar-refractivity contribution in [3.05, 3.63) is 152 Å². The Balaban J connectivity index is 1.14. The molecule has 44 heavy (non-hydrogen) atoms. The van der Waals surface area contributed by atoms with E-state index in [0.29, 0.717) is 0 Å². The van der Waals surface area contributed by atoms with E-state index >= 15 is 0 Å². The molecule has 0 atom stereocenters. The van der Waals surface area contributed by atoms with Crippen LogP contribution in [0.3, 0.4) is 0 Å². The van der Waals surface area contributed by atoms with Gasteiger partial charge in [0.25, 0.3) is 0 Å². The highest BCUT2D eigenvalue weighted by Gasteiger charge is 2.23. The molecule has 8 aromatic rings. The number of fused-ring (bicyclic) bond motifs is 5. The van der Waals surface area contributed by atoms with E-state index in [4.69, 9.17) is 14.7 Å². The molecular formula is C40H25N3O. The molecule has 0 saturated carbocycles. The van der Waals surface area contributed by atoms with Crippen LogP contribution in [0.4, 0.5) is 0 Å². The van der Waals surface area contributed by atoms with Crippen molar-refractivity contribution in [2.75, 3.05) is 0 Å². The first kappa shape index (κ1) is 24.6. The van der Waals surface area contributed by atoms with E-state index in [-0.39, 0.29) is 0 Å². The zero-order valence-corrected chi connectivity index (χ0v) is 23.7. The molecule has 0 fully saturated rings. The van der Waals surface area contributed by atoms with Gasteiger partial charge in [-0.15, -0.1) is 0 Å². The first-order valence-electron chi connectivity index (χ1n) is 14.8. The summed E-state index contributed by atoms with van der Waals surface area (Å²) < 4.78 is 8.62. The highest BCUT2D eigenvalue weighted by molar-refractivity contribution is 6.13. The maximum absolute atomic E-state index is 6.29. The average Bonchev–Trinajstić information content (AvgIpc) is 3.44. The lowest BCUT2D eigenvalue weighted by Crippen LogP contribution is -2.03. The molecule has 4 heteroatoms. The molecule has 1 aliphatic rings. The van der Waals surface area contributed by atoms with E-state index in [2.05, 4.69) is 102 Å². The van der Waals surface area contributed by atoms with Crippen LogP contribution in [0.5, 0.6) is 11.5 Å². The minimum Gasteiger partial charge on any atom is -0.453 e. The summed E-state index contributed by atoms with van der Waals surface area (Å²) in [6, 6.07) is 52.5. The quantitative estimate of drug-likeness (QED) is 0.214. The maximum Gasteiger partial charge on any atom is 0.160 e. The Kier molecular flexibility index (Phi) is 5.47. The molecule has 0 N–H and O–H groups in total. The van der Waals surface area contributed by atoms with Crippen LogP contribution in [-0.4, -0.2) is 14.5 Å². The van der Waals surface area contributed by atoms with E-state index in [1.807, 2.05) is 54.6 Å². The Hall–Kier alpha value is -6.00. The van der Waals surface area contributed by atoms with Crippen LogP contribution in [-0.2, 0) is 0 Å². The molecule has 4 nitrogen and oxygen atoms in total. The fourth-order valence-electron chi connectivity index (χ4n) is 6.30. The van der Waals surface area contributed by atoms with E-state index in [0.717, 1.165) is 62.2 Å². The molecule has 0 saturated heterocycles. The Labute approximate surface area is 254 Å². The average molecular weight is 564 g/mol. The second-order valence-corrected chi connectivity index (χ2v) is 11.1. The van der Waals surface area contributed by atoms with Gasteiger partial charge in [-0.2, -0.15) is 0 Å². The maximum atomic E-state index is 6.29. The van der Waals surface area contributed by atoms with Gasteiger partial charge in [-0.3, -0.25) is 0 Å². The normalized spacial score (nSPS) is 11.8. The first-order valence-corrected chi connectivity index (χ1v) is 14.8. The predicted molar refractivity (Wildman–Crippen MR) is 178 cm³/mol. The number of rotatable bonds is 4. The molecule has 6 aromatic carbocycles. The van der Waals surface area contributed by atoms with E-state index < -0.39 is 0 Å². The third-order valence-corrected chi connectivity index (χ3v) is 8.42. The van der Waals surface area contributed by atoms with Crippen LogP contribution in [0.2, 0.25) is 0 Å². The lowest BCUT2D eigenvalue weighted by Gasteiger charge is -2.20. The minimum absolute atomic E-state index is 0.718. The number of hydrogen-bond acceptors (Lipinski definition) is 3.